The lowest BCUT2D eigenvalue weighted by Crippen LogP contribution is -2.67. The van der Waals surface area contributed by atoms with E-state index in [9.17, 15) is 0 Å². The third kappa shape index (κ3) is 3.11. The molecule has 1 aromatic heterocycles. The van der Waals surface area contributed by atoms with Crippen molar-refractivity contribution in [1.29, 1.82) is 0 Å². The summed E-state index contributed by atoms with van der Waals surface area (Å²) >= 11 is 0. The van der Waals surface area contributed by atoms with Gasteiger partial charge in [-0.25, -0.2) is 0 Å². The molecule has 2 N–H and O–H groups in total. The number of rotatable bonds is 4. The molecular weight excluding hydrogens is 316 g/mol. The van der Waals surface area contributed by atoms with Gasteiger partial charge in [-0.15, -0.1) is 0 Å². The molecule has 136 valence electrons. The molecule has 25 heavy (non-hydrogen) atoms. The lowest BCUT2D eigenvalue weighted by molar-refractivity contribution is 0.199. The van der Waals surface area contributed by atoms with Gasteiger partial charge >= 0.3 is 0 Å². The maximum absolute atomic E-state index is 9.02. The molecule has 5 nitrogen and oxygen atoms in total. The lowest BCUT2D eigenvalue weighted by Gasteiger charge is -2.52. The average molecular weight is 344 g/mol. The Balaban J connectivity index is 1.73. The van der Waals surface area contributed by atoms with Crippen molar-refractivity contribution < 1.29 is 14.3 Å². The second-order valence-electron chi connectivity index (χ2n) is 7.93. The molecule has 1 saturated heterocycles. The Labute approximate surface area is 148 Å². The van der Waals surface area contributed by atoms with E-state index in [2.05, 4.69) is 30.1 Å². The van der Waals surface area contributed by atoms with E-state index in [1.54, 1.807) is 6.26 Å². The summed E-state index contributed by atoms with van der Waals surface area (Å²) in [5.41, 5.74) is 2.09. The quantitative estimate of drug-likeness (QED) is 0.891. The van der Waals surface area contributed by atoms with Crippen molar-refractivity contribution in [3.05, 3.63) is 24.5 Å². The first-order chi connectivity index (χ1) is 12.1. The van der Waals surface area contributed by atoms with Gasteiger partial charge in [0, 0.05) is 35.2 Å². The molecule has 0 radical (unpaired) electrons. The van der Waals surface area contributed by atoms with Crippen LogP contribution in [0.15, 0.2) is 28.9 Å². The van der Waals surface area contributed by atoms with E-state index in [-0.39, 0.29) is 18.8 Å². The SMILES string of the molecule is CC1(C)CN(c2ccc(OCCO)c3occc23)[C@@H]2CCCC[C@@H]2N1. The predicted octanol–water partition coefficient (Wildman–Crippen LogP) is 3.30. The molecule has 1 aromatic carbocycles. The van der Waals surface area contributed by atoms with Crippen molar-refractivity contribution in [1.82, 2.24) is 5.32 Å². The summed E-state index contributed by atoms with van der Waals surface area (Å²) in [4.78, 5) is 2.58. The molecule has 0 unspecified atom stereocenters. The standard InChI is InChI=1S/C20H28N2O3/c1-20(2)13-22(17-6-4-3-5-15(17)21-20)16-7-8-18(24-12-10-23)19-14(16)9-11-25-19/h7-9,11,15,17,21,23H,3-6,10,12-13H2,1-2H3/t15-,17+/m0/s1. The highest BCUT2D eigenvalue weighted by atomic mass is 16.5. The van der Waals surface area contributed by atoms with E-state index >= 15 is 0 Å². The number of nitrogens with one attached hydrogen (secondary N) is 1. The zero-order valence-electron chi connectivity index (χ0n) is 15.1. The summed E-state index contributed by atoms with van der Waals surface area (Å²) in [6, 6.07) is 7.24. The van der Waals surface area contributed by atoms with Crippen LogP contribution in [-0.4, -0.2) is 42.5 Å². The van der Waals surface area contributed by atoms with Crippen molar-refractivity contribution in [2.24, 2.45) is 0 Å². The number of furan rings is 1. The minimum Gasteiger partial charge on any atom is -0.487 e. The van der Waals surface area contributed by atoms with Gasteiger partial charge in [0.25, 0.3) is 0 Å². The second kappa shape index (κ2) is 6.54. The number of hydrogen-bond acceptors (Lipinski definition) is 5. The molecule has 0 spiro atoms. The van der Waals surface area contributed by atoms with Crippen LogP contribution in [0.3, 0.4) is 0 Å². The zero-order chi connectivity index (χ0) is 17.4. The van der Waals surface area contributed by atoms with Crippen LogP contribution < -0.4 is 15.0 Å². The number of ether oxygens (including phenoxy) is 1. The summed E-state index contributed by atoms with van der Waals surface area (Å²) in [6.07, 6.45) is 6.82. The van der Waals surface area contributed by atoms with Crippen LogP contribution in [0.25, 0.3) is 11.0 Å². The van der Waals surface area contributed by atoms with Gasteiger partial charge in [0.2, 0.25) is 0 Å². The summed E-state index contributed by atoms with van der Waals surface area (Å²) in [7, 11) is 0. The first-order valence-corrected chi connectivity index (χ1v) is 9.37. The van der Waals surface area contributed by atoms with Crippen LogP contribution in [0, 0.1) is 0 Å². The fraction of sp³-hybridized carbons (Fsp3) is 0.600. The van der Waals surface area contributed by atoms with Crippen molar-refractivity contribution in [2.45, 2.75) is 57.2 Å². The van der Waals surface area contributed by atoms with E-state index in [1.165, 1.54) is 31.4 Å². The second-order valence-corrected chi connectivity index (χ2v) is 7.93. The molecule has 2 aromatic rings. The number of piperazine rings is 1. The van der Waals surface area contributed by atoms with E-state index < -0.39 is 0 Å². The smallest absolute Gasteiger partial charge is 0.177 e. The van der Waals surface area contributed by atoms with Gasteiger partial charge in [0.05, 0.1) is 12.9 Å². The highest BCUT2D eigenvalue weighted by molar-refractivity contribution is 5.95. The van der Waals surface area contributed by atoms with Gasteiger partial charge < -0.3 is 24.5 Å². The van der Waals surface area contributed by atoms with Crippen molar-refractivity contribution in [2.75, 3.05) is 24.7 Å². The Kier molecular flexibility index (Phi) is 4.38. The number of benzene rings is 1. The first kappa shape index (κ1) is 16.7. The third-order valence-electron chi connectivity index (χ3n) is 5.49. The highest BCUT2D eigenvalue weighted by Crippen LogP contribution is 2.40. The fourth-order valence-corrected chi connectivity index (χ4v) is 4.55. The average Bonchev–Trinajstić information content (AvgIpc) is 3.08. The largest absolute Gasteiger partial charge is 0.487 e. The third-order valence-corrected chi connectivity index (χ3v) is 5.49. The monoisotopic (exact) mass is 344 g/mol. The summed E-state index contributed by atoms with van der Waals surface area (Å²) in [5, 5.41) is 14.0. The normalized spacial score (nSPS) is 25.8. The number of aliphatic hydroxyl groups excluding tert-OH is 1. The molecule has 1 aliphatic carbocycles. The number of nitrogens with zero attached hydrogens (tertiary/aromatic N) is 1. The summed E-state index contributed by atoms with van der Waals surface area (Å²) < 4.78 is 11.4. The maximum Gasteiger partial charge on any atom is 0.177 e. The number of fused-ring (bicyclic) bond motifs is 2. The van der Waals surface area contributed by atoms with Gasteiger partial charge in [-0.05, 0) is 44.9 Å². The molecule has 2 heterocycles. The van der Waals surface area contributed by atoms with Crippen molar-refractivity contribution >= 4 is 16.7 Å². The van der Waals surface area contributed by atoms with E-state index in [0.29, 0.717) is 17.8 Å². The Bertz CT molecular complexity index is 740. The molecular formula is C20H28N2O3. The minimum atomic E-state index is -0.000306. The van der Waals surface area contributed by atoms with Crippen LogP contribution in [0.5, 0.6) is 5.75 Å². The van der Waals surface area contributed by atoms with Crippen LogP contribution in [0.4, 0.5) is 5.69 Å². The fourth-order valence-electron chi connectivity index (χ4n) is 4.55. The van der Waals surface area contributed by atoms with E-state index in [0.717, 1.165) is 17.5 Å². The van der Waals surface area contributed by atoms with Gasteiger partial charge in [0.15, 0.2) is 11.3 Å². The van der Waals surface area contributed by atoms with Crippen molar-refractivity contribution in [3.8, 4) is 5.75 Å². The van der Waals surface area contributed by atoms with E-state index in [1.807, 2.05) is 12.1 Å². The summed E-state index contributed by atoms with van der Waals surface area (Å²) in [6.45, 7) is 5.83. The predicted molar refractivity (Wildman–Crippen MR) is 99.4 cm³/mol. The molecule has 2 fully saturated rings. The Hall–Kier alpha value is -1.72. The van der Waals surface area contributed by atoms with Crippen LogP contribution in [0.1, 0.15) is 39.5 Å². The summed E-state index contributed by atoms with van der Waals surface area (Å²) in [5.74, 6) is 0.701. The Morgan fingerprint density at radius 1 is 1.28 bits per heavy atom. The molecule has 4 rings (SSSR count). The van der Waals surface area contributed by atoms with Crippen LogP contribution in [-0.2, 0) is 0 Å². The van der Waals surface area contributed by atoms with E-state index in [4.69, 9.17) is 14.3 Å². The number of hydrogen-bond donors (Lipinski definition) is 2. The Morgan fingerprint density at radius 3 is 2.96 bits per heavy atom. The van der Waals surface area contributed by atoms with Crippen LogP contribution in [0.2, 0.25) is 0 Å². The molecule has 1 saturated carbocycles. The lowest BCUT2D eigenvalue weighted by atomic mass is 9.83. The maximum atomic E-state index is 9.02. The molecule has 1 aliphatic heterocycles. The van der Waals surface area contributed by atoms with Gasteiger partial charge in [-0.2, -0.15) is 0 Å². The number of anilines is 1. The highest BCUT2D eigenvalue weighted by Gasteiger charge is 2.41. The number of aliphatic hydroxyl groups is 1. The van der Waals surface area contributed by atoms with Crippen molar-refractivity contribution in [3.63, 3.8) is 0 Å². The van der Waals surface area contributed by atoms with Gasteiger partial charge in [-0.1, -0.05) is 12.8 Å². The van der Waals surface area contributed by atoms with Gasteiger partial charge in [-0.3, -0.25) is 0 Å². The van der Waals surface area contributed by atoms with Gasteiger partial charge in [0.1, 0.15) is 6.61 Å². The van der Waals surface area contributed by atoms with Crippen LogP contribution >= 0.6 is 0 Å². The first-order valence-electron chi connectivity index (χ1n) is 9.37. The zero-order valence-corrected chi connectivity index (χ0v) is 15.1. The molecule has 0 amide bonds. The molecule has 5 heteroatoms. The molecule has 2 atom stereocenters. The minimum absolute atomic E-state index is 0.000306. The Morgan fingerprint density at radius 2 is 2.12 bits per heavy atom. The topological polar surface area (TPSA) is 57.9 Å². The molecule has 2 aliphatic rings. The molecule has 0 bridgehead atoms.